The summed E-state index contributed by atoms with van der Waals surface area (Å²) in [4.78, 5) is 36.5. The number of aliphatic hydroxyl groups is 1. The first-order chi connectivity index (χ1) is 18.8. The summed E-state index contributed by atoms with van der Waals surface area (Å²) >= 11 is 1.56. The average Bonchev–Trinajstić information content (AvgIpc) is 3.59. The van der Waals surface area contributed by atoms with Gasteiger partial charge in [0.15, 0.2) is 5.13 Å². The zero-order chi connectivity index (χ0) is 27.5. The molecule has 2 N–H and O–H groups in total. The third-order valence-corrected chi connectivity index (χ3v) is 8.58. The van der Waals surface area contributed by atoms with Crippen LogP contribution < -0.4 is 5.32 Å². The highest BCUT2D eigenvalue weighted by molar-refractivity contribution is 7.15. The van der Waals surface area contributed by atoms with Crippen LogP contribution in [0.15, 0.2) is 54.6 Å². The number of anilines is 1. The molecule has 1 saturated heterocycles. The van der Waals surface area contributed by atoms with Crippen molar-refractivity contribution in [3.63, 3.8) is 0 Å². The Balaban J connectivity index is 1.29. The Kier molecular flexibility index (Phi) is 7.77. The van der Waals surface area contributed by atoms with Gasteiger partial charge in [-0.25, -0.2) is 4.98 Å². The van der Waals surface area contributed by atoms with Gasteiger partial charge in [0.1, 0.15) is 5.76 Å². The molecule has 0 spiro atoms. The van der Waals surface area contributed by atoms with E-state index in [9.17, 15) is 14.7 Å². The Labute approximate surface area is 232 Å². The van der Waals surface area contributed by atoms with Gasteiger partial charge < -0.3 is 14.9 Å². The number of rotatable bonds is 6. The van der Waals surface area contributed by atoms with Gasteiger partial charge in [-0.05, 0) is 76.0 Å². The first kappa shape index (κ1) is 26.6. The first-order valence-corrected chi connectivity index (χ1v) is 13.9. The van der Waals surface area contributed by atoms with Crippen LogP contribution in [0.1, 0.15) is 67.7 Å². The lowest BCUT2D eigenvalue weighted by Crippen LogP contribution is -2.32. The zero-order valence-electron chi connectivity index (χ0n) is 22.1. The smallest absolute Gasteiger partial charge is 0.257 e. The summed E-state index contributed by atoms with van der Waals surface area (Å²) in [5.74, 6) is -0.447. The minimum absolute atomic E-state index is 0.105. The van der Waals surface area contributed by atoms with Crippen molar-refractivity contribution in [3.8, 4) is 6.07 Å². The molecule has 2 heterocycles. The van der Waals surface area contributed by atoms with E-state index < -0.39 is 0 Å². The molecule has 5 rings (SSSR count). The maximum absolute atomic E-state index is 13.4. The standard InChI is InChI=1S/C30H31N5O3S/c1-34(2)23-12-13-24-27(18-23)39-30(32-24)33-28(37)22-6-3-5-21(17-22)25-7-4-16-35(25)29(38)20-10-8-19(9-11-20)26(36)14-15-31/h3,5-6,8-11,14,17,23,25,36H,4,7,12-13,16,18H2,1-2H3,(H,32,33,37)/b26-14-/t23-,25+/m0/s1. The number of amides is 2. The van der Waals surface area contributed by atoms with Crippen molar-refractivity contribution in [1.29, 1.82) is 5.26 Å². The van der Waals surface area contributed by atoms with Crippen LogP contribution in [0.4, 0.5) is 5.13 Å². The van der Waals surface area contributed by atoms with Crippen LogP contribution in [-0.4, -0.2) is 58.4 Å². The number of allylic oxidation sites excluding steroid dienone is 1. The summed E-state index contributed by atoms with van der Waals surface area (Å²) in [5, 5.41) is 22.2. The number of hydrogen-bond acceptors (Lipinski definition) is 7. The van der Waals surface area contributed by atoms with E-state index in [-0.39, 0.29) is 23.6 Å². The number of nitriles is 1. The van der Waals surface area contributed by atoms with Crippen LogP contribution in [0.5, 0.6) is 0 Å². The van der Waals surface area contributed by atoms with Gasteiger partial charge in [-0.3, -0.25) is 14.9 Å². The lowest BCUT2D eigenvalue weighted by Gasteiger charge is -2.27. The number of aliphatic hydroxyl groups excluding tert-OH is 1. The summed E-state index contributed by atoms with van der Waals surface area (Å²) in [6.45, 7) is 0.625. The van der Waals surface area contributed by atoms with Gasteiger partial charge in [0.2, 0.25) is 0 Å². The first-order valence-electron chi connectivity index (χ1n) is 13.1. The second kappa shape index (κ2) is 11.4. The molecule has 2 atom stereocenters. The fourth-order valence-corrected chi connectivity index (χ4v) is 6.43. The molecule has 2 amide bonds. The molecule has 9 heteroatoms. The van der Waals surface area contributed by atoms with Crippen LogP contribution in [0, 0.1) is 11.3 Å². The van der Waals surface area contributed by atoms with Crippen LogP contribution in [0.25, 0.3) is 5.76 Å². The van der Waals surface area contributed by atoms with Gasteiger partial charge in [-0.2, -0.15) is 5.26 Å². The minimum Gasteiger partial charge on any atom is -0.507 e. The van der Waals surface area contributed by atoms with Crippen molar-refractivity contribution < 1.29 is 14.7 Å². The van der Waals surface area contributed by atoms with Gasteiger partial charge in [0, 0.05) is 34.2 Å². The van der Waals surface area contributed by atoms with Crippen molar-refractivity contribution in [2.75, 3.05) is 26.0 Å². The van der Waals surface area contributed by atoms with Crippen LogP contribution >= 0.6 is 11.3 Å². The quantitative estimate of drug-likeness (QED) is 0.327. The van der Waals surface area contributed by atoms with E-state index in [0.29, 0.717) is 34.4 Å². The highest BCUT2D eigenvalue weighted by atomic mass is 32.1. The number of nitrogens with one attached hydrogen (secondary N) is 1. The van der Waals surface area contributed by atoms with Crippen molar-refractivity contribution in [1.82, 2.24) is 14.8 Å². The largest absolute Gasteiger partial charge is 0.507 e. The molecule has 39 heavy (non-hydrogen) atoms. The lowest BCUT2D eigenvalue weighted by atomic mass is 9.97. The number of aryl methyl sites for hydroxylation is 1. The highest BCUT2D eigenvalue weighted by Crippen LogP contribution is 2.34. The topological polar surface area (TPSA) is 110 Å². The molecule has 8 nitrogen and oxygen atoms in total. The molecule has 1 aromatic heterocycles. The number of likely N-dealkylation sites (tertiary alicyclic amines) is 1. The third kappa shape index (κ3) is 5.72. The van der Waals surface area contributed by atoms with Crippen molar-refractivity contribution >= 4 is 34.0 Å². The van der Waals surface area contributed by atoms with E-state index >= 15 is 0 Å². The minimum atomic E-state index is -0.205. The summed E-state index contributed by atoms with van der Waals surface area (Å²) in [6, 6.07) is 16.2. The Morgan fingerprint density at radius 3 is 2.67 bits per heavy atom. The Morgan fingerprint density at radius 2 is 1.92 bits per heavy atom. The van der Waals surface area contributed by atoms with Crippen LogP contribution in [-0.2, 0) is 12.8 Å². The molecule has 1 aliphatic heterocycles. The van der Waals surface area contributed by atoms with Gasteiger partial charge in [-0.15, -0.1) is 11.3 Å². The molecule has 1 fully saturated rings. The van der Waals surface area contributed by atoms with Crippen LogP contribution in [0.2, 0.25) is 0 Å². The number of likely N-dealkylation sites (N-methyl/N-ethyl adjacent to an activating group) is 1. The Hall–Kier alpha value is -4.00. The number of thiazole rings is 1. The number of fused-ring (bicyclic) bond motifs is 1. The Bertz CT molecular complexity index is 1450. The van der Waals surface area contributed by atoms with Crippen molar-refractivity contribution in [3.05, 3.63) is 87.4 Å². The van der Waals surface area contributed by atoms with E-state index in [1.165, 1.54) is 4.88 Å². The maximum Gasteiger partial charge on any atom is 0.257 e. The molecule has 0 unspecified atom stereocenters. The highest BCUT2D eigenvalue weighted by Gasteiger charge is 2.31. The molecule has 1 aliphatic carbocycles. The summed E-state index contributed by atoms with van der Waals surface area (Å²) < 4.78 is 0. The molecular formula is C30H31N5O3S. The molecule has 2 aromatic carbocycles. The number of carbonyl (C=O) groups excluding carboxylic acids is 2. The monoisotopic (exact) mass is 541 g/mol. The summed E-state index contributed by atoms with van der Waals surface area (Å²) in [5.41, 5.74) is 3.53. The van der Waals surface area contributed by atoms with Crippen LogP contribution in [0.3, 0.4) is 0 Å². The maximum atomic E-state index is 13.4. The second-order valence-electron chi connectivity index (χ2n) is 10.2. The molecule has 200 valence electrons. The number of hydrogen-bond donors (Lipinski definition) is 2. The average molecular weight is 542 g/mol. The Morgan fingerprint density at radius 1 is 1.15 bits per heavy atom. The predicted molar refractivity (Wildman–Crippen MR) is 152 cm³/mol. The van der Waals surface area contributed by atoms with E-state index in [1.54, 1.807) is 47.7 Å². The van der Waals surface area contributed by atoms with Gasteiger partial charge in [0.25, 0.3) is 11.8 Å². The molecule has 3 aromatic rings. The summed E-state index contributed by atoms with van der Waals surface area (Å²) in [6.07, 6.45) is 5.69. The molecule has 0 radical (unpaired) electrons. The number of carbonyl (C=O) groups is 2. The predicted octanol–water partition coefficient (Wildman–Crippen LogP) is 5.21. The van der Waals surface area contributed by atoms with E-state index in [1.807, 2.05) is 23.1 Å². The van der Waals surface area contributed by atoms with Crippen molar-refractivity contribution in [2.24, 2.45) is 0 Å². The SMILES string of the molecule is CN(C)[C@H]1CCc2nc(NC(=O)c3cccc([C@H]4CCCN4C(=O)c4ccc(/C(O)=C/C#N)cc4)c3)sc2C1. The fraction of sp³-hybridized carbons (Fsp3) is 0.333. The number of benzene rings is 2. The second-order valence-corrected chi connectivity index (χ2v) is 11.3. The van der Waals surface area contributed by atoms with Crippen molar-refractivity contribution in [2.45, 2.75) is 44.2 Å². The lowest BCUT2D eigenvalue weighted by molar-refractivity contribution is 0.0735. The van der Waals surface area contributed by atoms with Gasteiger partial charge >= 0.3 is 0 Å². The van der Waals surface area contributed by atoms with E-state index in [0.717, 1.165) is 49.4 Å². The fourth-order valence-electron chi connectivity index (χ4n) is 5.36. The molecular weight excluding hydrogens is 510 g/mol. The summed E-state index contributed by atoms with van der Waals surface area (Å²) in [7, 11) is 4.20. The number of nitrogens with zero attached hydrogens (tertiary/aromatic N) is 4. The third-order valence-electron chi connectivity index (χ3n) is 7.54. The molecule has 2 aliphatic rings. The molecule has 0 saturated carbocycles. The van der Waals surface area contributed by atoms with Gasteiger partial charge in [0.05, 0.1) is 23.9 Å². The zero-order valence-corrected chi connectivity index (χ0v) is 22.9. The van der Waals surface area contributed by atoms with Gasteiger partial charge in [-0.1, -0.05) is 24.3 Å². The molecule has 0 bridgehead atoms. The van der Waals surface area contributed by atoms with E-state index in [2.05, 4.69) is 29.3 Å². The number of aromatic nitrogens is 1. The van der Waals surface area contributed by atoms with E-state index in [4.69, 9.17) is 5.26 Å². The normalized spacial score (nSPS) is 19.0.